The van der Waals surface area contributed by atoms with E-state index in [-0.39, 0.29) is 19.4 Å². The zero-order valence-corrected chi connectivity index (χ0v) is 10.7. The van der Waals surface area contributed by atoms with Crippen LogP contribution in [0.25, 0.3) is 0 Å². The second-order valence-corrected chi connectivity index (χ2v) is 4.63. The standard InChI is InChI=1S/C13H18ClF2N/c1-2-8-13(15,16)12(7-9-17)10-3-5-11(14)6-4-10/h3-6,12H,2,7-9,17H2,1H3. The van der Waals surface area contributed by atoms with Crippen molar-refractivity contribution >= 4 is 11.6 Å². The topological polar surface area (TPSA) is 26.0 Å². The fraction of sp³-hybridized carbons (Fsp3) is 0.538. The van der Waals surface area contributed by atoms with Gasteiger partial charge in [0.25, 0.3) is 5.92 Å². The third-order valence-electron chi connectivity index (χ3n) is 2.82. The summed E-state index contributed by atoms with van der Waals surface area (Å²) in [6.07, 6.45) is 0.636. The molecule has 1 unspecified atom stereocenters. The van der Waals surface area contributed by atoms with Gasteiger partial charge in [-0.05, 0) is 30.7 Å². The second kappa shape index (κ2) is 6.31. The van der Waals surface area contributed by atoms with E-state index in [1.807, 2.05) is 0 Å². The van der Waals surface area contributed by atoms with Crippen LogP contribution < -0.4 is 5.73 Å². The molecule has 0 saturated heterocycles. The Kier molecular flexibility index (Phi) is 5.34. The van der Waals surface area contributed by atoms with Crippen molar-refractivity contribution in [2.45, 2.75) is 38.0 Å². The number of rotatable bonds is 6. The molecule has 0 amide bonds. The Morgan fingerprint density at radius 2 is 1.88 bits per heavy atom. The molecule has 2 N–H and O–H groups in total. The van der Waals surface area contributed by atoms with Crippen molar-refractivity contribution in [3.63, 3.8) is 0 Å². The highest BCUT2D eigenvalue weighted by Gasteiger charge is 2.38. The summed E-state index contributed by atoms with van der Waals surface area (Å²) in [5.74, 6) is -3.52. The molecule has 0 aliphatic heterocycles. The van der Waals surface area contributed by atoms with Gasteiger partial charge in [-0.3, -0.25) is 0 Å². The van der Waals surface area contributed by atoms with E-state index >= 15 is 0 Å². The molecular weight excluding hydrogens is 244 g/mol. The lowest BCUT2D eigenvalue weighted by atomic mass is 9.87. The molecular formula is C13H18ClF2N. The van der Waals surface area contributed by atoms with E-state index < -0.39 is 11.8 Å². The maximum atomic E-state index is 14.0. The summed E-state index contributed by atoms with van der Waals surface area (Å²) >= 11 is 5.76. The van der Waals surface area contributed by atoms with Crippen molar-refractivity contribution in [2.75, 3.05) is 6.54 Å². The van der Waals surface area contributed by atoms with Crippen molar-refractivity contribution in [3.8, 4) is 0 Å². The van der Waals surface area contributed by atoms with E-state index in [4.69, 9.17) is 17.3 Å². The Morgan fingerprint density at radius 3 is 2.35 bits per heavy atom. The first-order valence-corrected chi connectivity index (χ1v) is 6.22. The molecule has 0 aliphatic rings. The van der Waals surface area contributed by atoms with Crippen LogP contribution in [-0.2, 0) is 0 Å². The van der Waals surface area contributed by atoms with Gasteiger partial charge in [-0.2, -0.15) is 0 Å². The molecule has 0 bridgehead atoms. The van der Waals surface area contributed by atoms with Crippen molar-refractivity contribution in [3.05, 3.63) is 34.9 Å². The molecule has 0 fully saturated rings. The average Bonchev–Trinajstić information content (AvgIpc) is 2.27. The molecule has 1 nitrogen and oxygen atoms in total. The maximum absolute atomic E-state index is 14.0. The SMILES string of the molecule is CCCC(F)(F)C(CCN)c1ccc(Cl)cc1. The maximum Gasteiger partial charge on any atom is 0.254 e. The van der Waals surface area contributed by atoms with Gasteiger partial charge in [0.2, 0.25) is 0 Å². The number of benzene rings is 1. The molecule has 1 atom stereocenters. The fourth-order valence-electron chi connectivity index (χ4n) is 1.99. The Balaban J connectivity index is 2.95. The Bertz CT molecular complexity index is 338. The van der Waals surface area contributed by atoms with Gasteiger partial charge in [-0.25, -0.2) is 8.78 Å². The Hall–Kier alpha value is -0.670. The van der Waals surface area contributed by atoms with E-state index in [1.165, 1.54) is 0 Å². The molecule has 96 valence electrons. The molecule has 17 heavy (non-hydrogen) atoms. The first kappa shape index (κ1) is 14.4. The molecule has 1 aromatic carbocycles. The summed E-state index contributed by atoms with van der Waals surface area (Å²) in [5, 5.41) is 0.555. The van der Waals surface area contributed by atoms with Crippen LogP contribution in [0.4, 0.5) is 8.78 Å². The second-order valence-electron chi connectivity index (χ2n) is 4.19. The van der Waals surface area contributed by atoms with Crippen LogP contribution in [0.1, 0.15) is 37.7 Å². The van der Waals surface area contributed by atoms with Gasteiger partial charge in [-0.15, -0.1) is 0 Å². The van der Waals surface area contributed by atoms with Crippen molar-refractivity contribution in [1.82, 2.24) is 0 Å². The van der Waals surface area contributed by atoms with E-state index in [9.17, 15) is 8.78 Å². The van der Waals surface area contributed by atoms with Crippen molar-refractivity contribution < 1.29 is 8.78 Å². The number of halogens is 3. The monoisotopic (exact) mass is 261 g/mol. The fourth-order valence-corrected chi connectivity index (χ4v) is 2.12. The van der Waals surface area contributed by atoms with Crippen LogP contribution in [0.15, 0.2) is 24.3 Å². The van der Waals surface area contributed by atoms with E-state index in [1.54, 1.807) is 31.2 Å². The van der Waals surface area contributed by atoms with E-state index in [2.05, 4.69) is 0 Å². The largest absolute Gasteiger partial charge is 0.330 e. The minimum atomic E-state index is -2.71. The normalized spacial score (nSPS) is 13.7. The summed E-state index contributed by atoms with van der Waals surface area (Å²) in [4.78, 5) is 0. The van der Waals surface area contributed by atoms with Crippen molar-refractivity contribution in [1.29, 1.82) is 0 Å². The van der Waals surface area contributed by atoms with Gasteiger partial charge < -0.3 is 5.73 Å². The smallest absolute Gasteiger partial charge is 0.254 e. The van der Waals surface area contributed by atoms with Crippen LogP contribution in [0.2, 0.25) is 5.02 Å². The lowest BCUT2D eigenvalue weighted by molar-refractivity contribution is -0.0381. The highest BCUT2D eigenvalue weighted by atomic mass is 35.5. The van der Waals surface area contributed by atoms with Gasteiger partial charge in [0.05, 0.1) is 0 Å². The Morgan fingerprint density at radius 1 is 1.29 bits per heavy atom. The molecule has 0 heterocycles. The first-order valence-electron chi connectivity index (χ1n) is 5.84. The molecule has 4 heteroatoms. The lowest BCUT2D eigenvalue weighted by Crippen LogP contribution is -2.28. The van der Waals surface area contributed by atoms with Gasteiger partial charge in [-0.1, -0.05) is 37.1 Å². The third-order valence-corrected chi connectivity index (χ3v) is 3.07. The zero-order chi connectivity index (χ0) is 12.9. The van der Waals surface area contributed by atoms with Gasteiger partial charge in [0.1, 0.15) is 0 Å². The van der Waals surface area contributed by atoms with Crippen LogP contribution in [0.5, 0.6) is 0 Å². The van der Waals surface area contributed by atoms with Crippen molar-refractivity contribution in [2.24, 2.45) is 5.73 Å². The van der Waals surface area contributed by atoms with Gasteiger partial charge in [0.15, 0.2) is 0 Å². The molecule has 0 aromatic heterocycles. The van der Waals surface area contributed by atoms with E-state index in [0.717, 1.165) is 0 Å². The van der Waals surface area contributed by atoms with Gasteiger partial charge in [0, 0.05) is 17.4 Å². The predicted octanol–water partition coefficient (Wildman–Crippen LogP) is 4.21. The predicted molar refractivity (Wildman–Crippen MR) is 67.7 cm³/mol. The summed E-state index contributed by atoms with van der Waals surface area (Å²) in [6, 6.07) is 6.60. The van der Waals surface area contributed by atoms with E-state index in [0.29, 0.717) is 17.0 Å². The molecule has 0 spiro atoms. The van der Waals surface area contributed by atoms with Crippen LogP contribution in [-0.4, -0.2) is 12.5 Å². The molecule has 0 saturated carbocycles. The number of hydrogen-bond donors (Lipinski definition) is 1. The number of hydrogen-bond acceptors (Lipinski definition) is 1. The van der Waals surface area contributed by atoms with Crippen LogP contribution in [0, 0.1) is 0 Å². The van der Waals surface area contributed by atoms with Crippen LogP contribution >= 0.6 is 11.6 Å². The van der Waals surface area contributed by atoms with Gasteiger partial charge >= 0.3 is 0 Å². The average molecular weight is 262 g/mol. The lowest BCUT2D eigenvalue weighted by Gasteiger charge is -2.27. The Labute approximate surface area is 106 Å². The summed E-state index contributed by atoms with van der Waals surface area (Å²) in [6.45, 7) is 2.02. The molecule has 1 rings (SSSR count). The zero-order valence-electron chi connectivity index (χ0n) is 9.93. The highest BCUT2D eigenvalue weighted by molar-refractivity contribution is 6.30. The summed E-state index contributed by atoms with van der Waals surface area (Å²) in [5.41, 5.74) is 6.04. The molecule has 0 aliphatic carbocycles. The summed E-state index contributed by atoms with van der Waals surface area (Å²) in [7, 11) is 0. The highest BCUT2D eigenvalue weighted by Crippen LogP contribution is 2.39. The first-order chi connectivity index (χ1) is 8.01. The summed E-state index contributed by atoms with van der Waals surface area (Å²) < 4.78 is 27.9. The number of nitrogens with two attached hydrogens (primary N) is 1. The molecule has 0 radical (unpaired) electrons. The minimum absolute atomic E-state index is 0.111. The number of alkyl halides is 2. The molecule has 1 aromatic rings. The van der Waals surface area contributed by atoms with Crippen LogP contribution in [0.3, 0.4) is 0 Å². The minimum Gasteiger partial charge on any atom is -0.330 e. The quantitative estimate of drug-likeness (QED) is 0.816. The third kappa shape index (κ3) is 3.93.